The van der Waals surface area contributed by atoms with E-state index in [2.05, 4.69) is 36.6 Å². The Morgan fingerprint density at radius 1 is 1.33 bits per heavy atom. The molecule has 1 aromatic rings. The van der Waals surface area contributed by atoms with Crippen molar-refractivity contribution < 1.29 is 4.74 Å². The predicted octanol–water partition coefficient (Wildman–Crippen LogP) is 2.23. The highest BCUT2D eigenvalue weighted by molar-refractivity contribution is 5.44. The zero-order valence-corrected chi connectivity index (χ0v) is 11.7. The number of ether oxygens (including phenoxy) is 1. The molecule has 3 nitrogen and oxygen atoms in total. The summed E-state index contributed by atoms with van der Waals surface area (Å²) in [6, 6.07) is 5.14. The second kappa shape index (κ2) is 6.21. The molecule has 1 unspecified atom stereocenters. The molecule has 100 valence electrons. The van der Waals surface area contributed by atoms with Crippen molar-refractivity contribution in [2.24, 2.45) is 0 Å². The Kier molecular flexibility index (Phi) is 4.61. The molecule has 0 bridgehead atoms. The summed E-state index contributed by atoms with van der Waals surface area (Å²) in [5, 5.41) is 6.94. The average Bonchev–Trinajstić information content (AvgIpc) is 2.43. The summed E-state index contributed by atoms with van der Waals surface area (Å²) in [6.07, 6.45) is 2.32. The molecule has 2 N–H and O–H groups in total. The molecule has 0 amide bonds. The summed E-state index contributed by atoms with van der Waals surface area (Å²) in [6.45, 7) is 7.20. The lowest BCUT2D eigenvalue weighted by Crippen LogP contribution is -2.35. The molecule has 1 heterocycles. The van der Waals surface area contributed by atoms with E-state index in [1.807, 2.05) is 0 Å². The van der Waals surface area contributed by atoms with Gasteiger partial charge in [0, 0.05) is 24.7 Å². The van der Waals surface area contributed by atoms with E-state index in [1.54, 1.807) is 7.11 Å². The Balaban J connectivity index is 2.25. The summed E-state index contributed by atoms with van der Waals surface area (Å²) in [5.41, 5.74) is 4.14. The molecule has 0 spiro atoms. The SMILES string of the molecule is CCNCc1cc2c(cc1OC)CNC(CC)C2. The second-order valence-electron chi connectivity index (χ2n) is 4.90. The van der Waals surface area contributed by atoms with Crippen molar-refractivity contribution in [1.29, 1.82) is 0 Å². The molecule has 18 heavy (non-hydrogen) atoms. The van der Waals surface area contributed by atoms with Gasteiger partial charge in [0.1, 0.15) is 5.75 Å². The molecule has 0 saturated heterocycles. The maximum absolute atomic E-state index is 5.49. The van der Waals surface area contributed by atoms with Gasteiger partial charge in [-0.1, -0.05) is 19.9 Å². The van der Waals surface area contributed by atoms with Crippen molar-refractivity contribution in [3.05, 3.63) is 28.8 Å². The van der Waals surface area contributed by atoms with E-state index in [1.165, 1.54) is 23.1 Å². The maximum atomic E-state index is 5.49. The van der Waals surface area contributed by atoms with Gasteiger partial charge in [0.15, 0.2) is 0 Å². The van der Waals surface area contributed by atoms with Crippen LogP contribution in [0, 0.1) is 0 Å². The van der Waals surface area contributed by atoms with Gasteiger partial charge in [-0.2, -0.15) is 0 Å². The molecular formula is C15H24N2O. The first-order valence-electron chi connectivity index (χ1n) is 6.91. The number of benzene rings is 1. The maximum Gasteiger partial charge on any atom is 0.123 e. The number of rotatable bonds is 5. The first-order chi connectivity index (χ1) is 8.78. The summed E-state index contributed by atoms with van der Waals surface area (Å²) in [4.78, 5) is 0. The topological polar surface area (TPSA) is 33.3 Å². The van der Waals surface area contributed by atoms with Gasteiger partial charge in [-0.25, -0.2) is 0 Å². The minimum atomic E-state index is 0.623. The predicted molar refractivity (Wildman–Crippen MR) is 75.0 cm³/mol. The number of hydrogen-bond donors (Lipinski definition) is 2. The number of fused-ring (bicyclic) bond motifs is 1. The molecule has 0 fully saturated rings. The first-order valence-corrected chi connectivity index (χ1v) is 6.91. The van der Waals surface area contributed by atoms with Gasteiger partial charge in [-0.3, -0.25) is 0 Å². The highest BCUT2D eigenvalue weighted by Gasteiger charge is 2.18. The van der Waals surface area contributed by atoms with Gasteiger partial charge < -0.3 is 15.4 Å². The van der Waals surface area contributed by atoms with Crippen molar-refractivity contribution in [1.82, 2.24) is 10.6 Å². The Morgan fingerprint density at radius 3 is 2.83 bits per heavy atom. The van der Waals surface area contributed by atoms with Gasteiger partial charge in [-0.15, -0.1) is 0 Å². The fourth-order valence-corrected chi connectivity index (χ4v) is 2.54. The molecule has 1 aromatic carbocycles. The molecule has 1 atom stereocenters. The number of methoxy groups -OCH3 is 1. The lowest BCUT2D eigenvalue weighted by atomic mass is 9.92. The van der Waals surface area contributed by atoms with Crippen LogP contribution < -0.4 is 15.4 Å². The van der Waals surface area contributed by atoms with Gasteiger partial charge in [0.25, 0.3) is 0 Å². The fraction of sp³-hybridized carbons (Fsp3) is 0.600. The average molecular weight is 248 g/mol. The van der Waals surface area contributed by atoms with Crippen LogP contribution in [0.15, 0.2) is 12.1 Å². The highest BCUT2D eigenvalue weighted by atomic mass is 16.5. The third-order valence-electron chi connectivity index (χ3n) is 3.71. The Morgan fingerprint density at radius 2 is 2.17 bits per heavy atom. The largest absolute Gasteiger partial charge is 0.496 e. The minimum Gasteiger partial charge on any atom is -0.496 e. The van der Waals surface area contributed by atoms with Gasteiger partial charge in [0.05, 0.1) is 7.11 Å². The molecule has 0 saturated carbocycles. The zero-order valence-electron chi connectivity index (χ0n) is 11.7. The normalized spacial score (nSPS) is 18.5. The Labute approximate surface area is 110 Å². The standard InChI is InChI=1S/C15H24N2O/c1-4-14-7-11-6-13(9-16-5-2)15(18-3)8-12(11)10-17-14/h6,8,14,16-17H,4-5,7,9-10H2,1-3H3. The number of hydrogen-bond acceptors (Lipinski definition) is 3. The van der Waals surface area contributed by atoms with Crippen LogP contribution in [0.2, 0.25) is 0 Å². The second-order valence-corrected chi connectivity index (χ2v) is 4.90. The highest BCUT2D eigenvalue weighted by Crippen LogP contribution is 2.27. The van der Waals surface area contributed by atoms with Crippen LogP contribution in [-0.2, 0) is 19.5 Å². The first kappa shape index (κ1) is 13.4. The van der Waals surface area contributed by atoms with Crippen LogP contribution >= 0.6 is 0 Å². The van der Waals surface area contributed by atoms with Crippen LogP contribution in [0.5, 0.6) is 5.75 Å². The lowest BCUT2D eigenvalue weighted by Gasteiger charge is -2.26. The monoisotopic (exact) mass is 248 g/mol. The van der Waals surface area contributed by atoms with Crippen LogP contribution in [0.4, 0.5) is 0 Å². The number of nitrogens with one attached hydrogen (secondary N) is 2. The summed E-state index contributed by atoms with van der Waals surface area (Å²) < 4.78 is 5.49. The quantitative estimate of drug-likeness (QED) is 0.838. The van der Waals surface area contributed by atoms with Gasteiger partial charge in [0.2, 0.25) is 0 Å². The van der Waals surface area contributed by atoms with Crippen molar-refractivity contribution in [2.45, 2.75) is 45.8 Å². The van der Waals surface area contributed by atoms with Crippen LogP contribution in [0.1, 0.15) is 37.0 Å². The molecule has 2 rings (SSSR count). The molecule has 0 aliphatic carbocycles. The molecule has 1 aliphatic rings. The van der Waals surface area contributed by atoms with E-state index < -0.39 is 0 Å². The van der Waals surface area contributed by atoms with Crippen molar-refractivity contribution in [3.8, 4) is 5.75 Å². The third-order valence-corrected chi connectivity index (χ3v) is 3.71. The van der Waals surface area contributed by atoms with E-state index >= 15 is 0 Å². The van der Waals surface area contributed by atoms with Crippen molar-refractivity contribution >= 4 is 0 Å². The molecule has 0 aromatic heterocycles. The van der Waals surface area contributed by atoms with E-state index in [0.29, 0.717) is 6.04 Å². The summed E-state index contributed by atoms with van der Waals surface area (Å²) >= 11 is 0. The lowest BCUT2D eigenvalue weighted by molar-refractivity contribution is 0.404. The van der Waals surface area contributed by atoms with Crippen LogP contribution in [0.3, 0.4) is 0 Å². The van der Waals surface area contributed by atoms with E-state index in [-0.39, 0.29) is 0 Å². The minimum absolute atomic E-state index is 0.623. The van der Waals surface area contributed by atoms with E-state index in [0.717, 1.165) is 31.8 Å². The smallest absolute Gasteiger partial charge is 0.123 e. The van der Waals surface area contributed by atoms with Crippen molar-refractivity contribution in [3.63, 3.8) is 0 Å². The Hall–Kier alpha value is -1.06. The Bertz CT molecular complexity index is 392. The van der Waals surface area contributed by atoms with Gasteiger partial charge >= 0.3 is 0 Å². The zero-order chi connectivity index (χ0) is 13.0. The van der Waals surface area contributed by atoms with Gasteiger partial charge in [-0.05, 0) is 36.6 Å². The molecule has 1 aliphatic heterocycles. The third kappa shape index (κ3) is 2.85. The van der Waals surface area contributed by atoms with E-state index in [4.69, 9.17) is 4.74 Å². The fourth-order valence-electron chi connectivity index (χ4n) is 2.54. The summed E-state index contributed by atoms with van der Waals surface area (Å²) in [5.74, 6) is 1.01. The van der Waals surface area contributed by atoms with Crippen molar-refractivity contribution in [2.75, 3.05) is 13.7 Å². The molecular weight excluding hydrogens is 224 g/mol. The molecule has 0 radical (unpaired) electrons. The van der Waals surface area contributed by atoms with E-state index in [9.17, 15) is 0 Å². The summed E-state index contributed by atoms with van der Waals surface area (Å²) in [7, 11) is 1.75. The van der Waals surface area contributed by atoms with Crippen LogP contribution in [0.25, 0.3) is 0 Å². The molecule has 3 heteroatoms. The van der Waals surface area contributed by atoms with Crippen LogP contribution in [-0.4, -0.2) is 19.7 Å².